The van der Waals surface area contributed by atoms with Crippen LogP contribution in [-0.2, 0) is 24.8 Å². The number of methoxy groups -OCH3 is 1. The summed E-state index contributed by atoms with van der Waals surface area (Å²) in [6.45, 7) is 7.49. The maximum absolute atomic E-state index is 6.12. The van der Waals surface area contributed by atoms with Crippen molar-refractivity contribution in [3.05, 3.63) is 76.4 Å². The maximum Gasteiger partial charge on any atom is 0.119 e. The van der Waals surface area contributed by atoms with Gasteiger partial charge in [0, 0.05) is 44.1 Å². The fraction of sp³-hybridized carbons (Fsp3) is 0.417. The van der Waals surface area contributed by atoms with Crippen LogP contribution in [0.4, 0.5) is 0 Å². The van der Waals surface area contributed by atoms with Gasteiger partial charge in [0.15, 0.2) is 0 Å². The van der Waals surface area contributed by atoms with Crippen molar-refractivity contribution in [1.82, 2.24) is 19.7 Å². The zero-order chi connectivity index (χ0) is 21.1. The lowest BCUT2D eigenvalue weighted by Gasteiger charge is -2.32. The Hall–Kier alpha value is -2.70. The smallest absolute Gasteiger partial charge is 0.119 e. The highest BCUT2D eigenvalue weighted by molar-refractivity contribution is 5.34. The average Bonchev–Trinajstić information content (AvgIpc) is 3.04. The van der Waals surface area contributed by atoms with Crippen molar-refractivity contribution in [2.24, 2.45) is 7.05 Å². The van der Waals surface area contributed by atoms with E-state index in [-0.39, 0.29) is 6.10 Å². The zero-order valence-electron chi connectivity index (χ0n) is 18.3. The first-order valence-corrected chi connectivity index (χ1v) is 10.4. The van der Waals surface area contributed by atoms with Gasteiger partial charge in [0.25, 0.3) is 0 Å². The predicted molar refractivity (Wildman–Crippen MR) is 117 cm³/mol. The highest BCUT2D eigenvalue weighted by atomic mass is 16.5. The van der Waals surface area contributed by atoms with E-state index in [2.05, 4.69) is 54.3 Å². The summed E-state index contributed by atoms with van der Waals surface area (Å²) in [7, 11) is 3.67. The molecule has 0 amide bonds. The van der Waals surface area contributed by atoms with Crippen molar-refractivity contribution in [2.45, 2.75) is 32.9 Å². The standard InChI is InChI=1S/C24H30N4O2/c1-17-10-20(11-19-6-5-7-22(12-19)29-4)13-23(25-17)24-16-28(8-9-30-24)15-21-14-27(3)26-18(21)2/h5-7,10,12-14,24H,8-9,11,15-16H2,1-4H3/t24-/m0/s1. The Kier molecular flexibility index (Phi) is 6.16. The monoisotopic (exact) mass is 406 g/mol. The number of hydrogen-bond acceptors (Lipinski definition) is 5. The average molecular weight is 407 g/mol. The van der Waals surface area contributed by atoms with Crippen LogP contribution in [0.1, 0.15) is 39.9 Å². The summed E-state index contributed by atoms with van der Waals surface area (Å²) in [5.74, 6) is 0.885. The second-order valence-electron chi connectivity index (χ2n) is 8.08. The molecule has 30 heavy (non-hydrogen) atoms. The minimum Gasteiger partial charge on any atom is -0.497 e. The molecule has 3 aromatic rings. The van der Waals surface area contributed by atoms with Crippen LogP contribution in [-0.4, -0.2) is 46.5 Å². The molecule has 6 nitrogen and oxygen atoms in total. The molecule has 158 valence electrons. The highest BCUT2D eigenvalue weighted by Gasteiger charge is 2.24. The predicted octanol–water partition coefficient (Wildman–Crippen LogP) is 3.60. The van der Waals surface area contributed by atoms with Crippen LogP contribution in [0, 0.1) is 13.8 Å². The van der Waals surface area contributed by atoms with Gasteiger partial charge in [-0.25, -0.2) is 0 Å². The Morgan fingerprint density at radius 3 is 2.80 bits per heavy atom. The van der Waals surface area contributed by atoms with Crippen molar-refractivity contribution >= 4 is 0 Å². The van der Waals surface area contributed by atoms with Crippen LogP contribution in [0.5, 0.6) is 5.75 Å². The molecule has 1 fully saturated rings. The molecule has 2 aromatic heterocycles. The zero-order valence-corrected chi connectivity index (χ0v) is 18.3. The second-order valence-corrected chi connectivity index (χ2v) is 8.08. The van der Waals surface area contributed by atoms with Crippen LogP contribution in [0.2, 0.25) is 0 Å². The number of pyridine rings is 1. The lowest BCUT2D eigenvalue weighted by Crippen LogP contribution is -2.38. The summed E-state index contributed by atoms with van der Waals surface area (Å²) in [5.41, 5.74) is 6.87. The topological polar surface area (TPSA) is 52.4 Å². The molecule has 6 heteroatoms. The van der Waals surface area contributed by atoms with E-state index in [1.165, 1.54) is 16.7 Å². The molecule has 1 aromatic carbocycles. The molecule has 1 saturated heterocycles. The van der Waals surface area contributed by atoms with Gasteiger partial charge in [-0.05, 0) is 55.7 Å². The first-order chi connectivity index (χ1) is 14.5. The Labute approximate surface area is 178 Å². The van der Waals surface area contributed by atoms with Crippen molar-refractivity contribution in [3.8, 4) is 5.75 Å². The number of ether oxygens (including phenoxy) is 2. The van der Waals surface area contributed by atoms with Gasteiger partial charge in [0.05, 0.1) is 25.1 Å². The maximum atomic E-state index is 6.12. The van der Waals surface area contributed by atoms with Gasteiger partial charge < -0.3 is 9.47 Å². The van der Waals surface area contributed by atoms with Gasteiger partial charge in [0.2, 0.25) is 0 Å². The molecule has 0 radical (unpaired) electrons. The fourth-order valence-corrected chi connectivity index (χ4v) is 4.12. The molecule has 0 N–H and O–H groups in total. The molecular formula is C24H30N4O2. The van der Waals surface area contributed by atoms with Crippen LogP contribution in [0.3, 0.4) is 0 Å². The molecule has 0 aliphatic carbocycles. The largest absolute Gasteiger partial charge is 0.497 e. The van der Waals surface area contributed by atoms with E-state index in [4.69, 9.17) is 14.5 Å². The molecule has 1 aliphatic heterocycles. The molecule has 1 atom stereocenters. The Bertz CT molecular complexity index is 1010. The van der Waals surface area contributed by atoms with Gasteiger partial charge in [-0.1, -0.05) is 12.1 Å². The van der Waals surface area contributed by atoms with Crippen molar-refractivity contribution in [2.75, 3.05) is 26.8 Å². The van der Waals surface area contributed by atoms with Crippen molar-refractivity contribution in [3.63, 3.8) is 0 Å². The molecule has 0 spiro atoms. The summed E-state index contributed by atoms with van der Waals surface area (Å²) in [6, 6.07) is 12.6. The van der Waals surface area contributed by atoms with Gasteiger partial charge in [0.1, 0.15) is 11.9 Å². The van der Waals surface area contributed by atoms with E-state index in [1.807, 2.05) is 23.9 Å². The van der Waals surface area contributed by atoms with Gasteiger partial charge in [-0.2, -0.15) is 5.10 Å². The fourth-order valence-electron chi connectivity index (χ4n) is 4.12. The summed E-state index contributed by atoms with van der Waals surface area (Å²) in [6.07, 6.45) is 2.94. The summed E-state index contributed by atoms with van der Waals surface area (Å²) >= 11 is 0. The van der Waals surface area contributed by atoms with Crippen LogP contribution in [0.15, 0.2) is 42.6 Å². The number of rotatable bonds is 6. The lowest BCUT2D eigenvalue weighted by molar-refractivity contribution is -0.0351. The van der Waals surface area contributed by atoms with Crippen molar-refractivity contribution in [1.29, 1.82) is 0 Å². The molecule has 0 unspecified atom stereocenters. The third kappa shape index (κ3) is 4.89. The molecule has 0 saturated carbocycles. The Balaban J connectivity index is 1.49. The number of aryl methyl sites for hydroxylation is 3. The third-order valence-electron chi connectivity index (χ3n) is 5.56. The van der Waals surface area contributed by atoms with Crippen LogP contribution < -0.4 is 4.74 Å². The van der Waals surface area contributed by atoms with Gasteiger partial charge in [-0.15, -0.1) is 0 Å². The van der Waals surface area contributed by atoms with E-state index >= 15 is 0 Å². The normalized spacial score (nSPS) is 17.3. The minimum atomic E-state index is -0.0142. The number of aromatic nitrogens is 3. The summed E-state index contributed by atoms with van der Waals surface area (Å²) in [5, 5.41) is 4.47. The molecule has 1 aliphatic rings. The van der Waals surface area contributed by atoms with E-state index in [9.17, 15) is 0 Å². The molecular weight excluding hydrogens is 376 g/mol. The number of nitrogens with zero attached hydrogens (tertiary/aromatic N) is 4. The van der Waals surface area contributed by atoms with Crippen LogP contribution >= 0.6 is 0 Å². The van der Waals surface area contributed by atoms with E-state index in [0.717, 1.165) is 48.9 Å². The van der Waals surface area contributed by atoms with Crippen molar-refractivity contribution < 1.29 is 9.47 Å². The van der Waals surface area contributed by atoms with E-state index in [1.54, 1.807) is 7.11 Å². The van der Waals surface area contributed by atoms with Gasteiger partial charge in [-0.3, -0.25) is 14.6 Å². The summed E-state index contributed by atoms with van der Waals surface area (Å²) in [4.78, 5) is 7.24. The second kappa shape index (κ2) is 8.98. The van der Waals surface area contributed by atoms with Gasteiger partial charge >= 0.3 is 0 Å². The molecule has 4 rings (SSSR count). The number of hydrogen-bond donors (Lipinski definition) is 0. The summed E-state index contributed by atoms with van der Waals surface area (Å²) < 4.78 is 13.4. The SMILES string of the molecule is COc1cccc(Cc2cc(C)nc([C@@H]3CN(Cc4cn(C)nc4C)CCO3)c2)c1. The molecule has 3 heterocycles. The minimum absolute atomic E-state index is 0.0142. The molecule has 0 bridgehead atoms. The van der Waals surface area contributed by atoms with E-state index in [0.29, 0.717) is 6.61 Å². The Morgan fingerprint density at radius 1 is 1.17 bits per heavy atom. The quantitative estimate of drug-likeness (QED) is 0.626. The highest BCUT2D eigenvalue weighted by Crippen LogP contribution is 2.25. The first kappa shape index (κ1) is 20.6. The van der Waals surface area contributed by atoms with Crippen LogP contribution in [0.25, 0.3) is 0 Å². The number of morpholine rings is 1. The first-order valence-electron chi connectivity index (χ1n) is 10.4. The Morgan fingerprint density at radius 2 is 2.03 bits per heavy atom. The third-order valence-corrected chi connectivity index (χ3v) is 5.56. The lowest BCUT2D eigenvalue weighted by atomic mass is 10.0. The number of benzene rings is 1. The van der Waals surface area contributed by atoms with E-state index < -0.39 is 0 Å².